The van der Waals surface area contributed by atoms with E-state index in [1.165, 1.54) is 6.42 Å². The van der Waals surface area contributed by atoms with Gasteiger partial charge in [-0.1, -0.05) is 40.0 Å². The monoisotopic (exact) mass is 217 g/mol. The highest BCUT2D eigenvalue weighted by molar-refractivity contribution is 5.66. The van der Waals surface area contributed by atoms with E-state index in [0.717, 1.165) is 32.4 Å². The lowest BCUT2D eigenvalue weighted by molar-refractivity contribution is -0.137. The molecule has 0 aromatic heterocycles. The minimum absolute atomic E-state index is 0.333. The molecule has 0 radical (unpaired) electrons. The topological polar surface area (TPSA) is 40.5 Å². The second-order valence-corrected chi connectivity index (χ2v) is 3.69. The van der Waals surface area contributed by atoms with Gasteiger partial charge in [-0.15, -0.1) is 0 Å². The average Bonchev–Trinajstić information content (AvgIpc) is 2.24. The molecule has 92 valence electrons. The number of carboxylic acid groups (broad SMARTS) is 1. The zero-order valence-corrected chi connectivity index (χ0v) is 10.8. The number of aliphatic carboxylic acids is 1. The molecule has 0 saturated carbocycles. The molecular formula is C12H27NO2. The van der Waals surface area contributed by atoms with Crippen molar-refractivity contribution in [3.63, 3.8) is 0 Å². The third-order valence-electron chi connectivity index (χ3n) is 2.32. The molecule has 0 aliphatic heterocycles. The van der Waals surface area contributed by atoms with Crippen LogP contribution in [-0.2, 0) is 4.79 Å². The van der Waals surface area contributed by atoms with Crippen molar-refractivity contribution >= 4 is 5.97 Å². The van der Waals surface area contributed by atoms with Gasteiger partial charge >= 0.3 is 5.97 Å². The first-order valence-electron chi connectivity index (χ1n) is 5.98. The Bertz CT molecular complexity index is 134. The van der Waals surface area contributed by atoms with Crippen molar-refractivity contribution < 1.29 is 9.90 Å². The maximum atomic E-state index is 9.96. The van der Waals surface area contributed by atoms with Gasteiger partial charge in [0.2, 0.25) is 0 Å². The first-order chi connectivity index (χ1) is 7.08. The van der Waals surface area contributed by atoms with Crippen LogP contribution in [0.3, 0.4) is 0 Å². The van der Waals surface area contributed by atoms with Crippen LogP contribution in [0.15, 0.2) is 0 Å². The molecule has 0 aromatic carbocycles. The van der Waals surface area contributed by atoms with E-state index in [2.05, 4.69) is 32.7 Å². The van der Waals surface area contributed by atoms with Crippen LogP contribution in [0.4, 0.5) is 0 Å². The summed E-state index contributed by atoms with van der Waals surface area (Å²) < 4.78 is 0. The molecule has 0 unspecified atom stereocenters. The van der Waals surface area contributed by atoms with Gasteiger partial charge in [-0.3, -0.25) is 4.79 Å². The van der Waals surface area contributed by atoms with Gasteiger partial charge in [0.25, 0.3) is 0 Å². The largest absolute Gasteiger partial charge is 0.481 e. The fourth-order valence-electron chi connectivity index (χ4n) is 0.927. The van der Waals surface area contributed by atoms with Crippen molar-refractivity contribution in [2.24, 2.45) is 0 Å². The van der Waals surface area contributed by atoms with E-state index in [1.54, 1.807) is 0 Å². The molecule has 0 heterocycles. The van der Waals surface area contributed by atoms with E-state index in [-0.39, 0.29) is 0 Å². The van der Waals surface area contributed by atoms with Crippen molar-refractivity contribution in [3.8, 4) is 0 Å². The minimum Gasteiger partial charge on any atom is -0.481 e. The Balaban J connectivity index is 0. The van der Waals surface area contributed by atoms with Crippen LogP contribution in [0.1, 0.15) is 52.9 Å². The normalized spacial score (nSPS) is 9.67. The van der Waals surface area contributed by atoms with E-state index < -0.39 is 5.97 Å². The van der Waals surface area contributed by atoms with E-state index in [0.29, 0.717) is 6.42 Å². The Morgan fingerprint density at radius 2 is 1.60 bits per heavy atom. The molecule has 0 rings (SSSR count). The smallest absolute Gasteiger partial charge is 0.303 e. The molecule has 3 heteroatoms. The molecule has 0 aliphatic carbocycles. The highest BCUT2D eigenvalue weighted by Crippen LogP contribution is 2.01. The summed E-state index contributed by atoms with van der Waals surface area (Å²) in [7, 11) is 2.11. The van der Waals surface area contributed by atoms with Crippen molar-refractivity contribution in [2.45, 2.75) is 52.9 Å². The molecule has 0 fully saturated rings. The summed E-state index contributed by atoms with van der Waals surface area (Å²) in [4.78, 5) is 12.2. The maximum absolute atomic E-state index is 9.96. The lowest BCUT2D eigenvalue weighted by Gasteiger charge is -2.07. The van der Waals surface area contributed by atoms with Crippen LogP contribution >= 0.6 is 0 Å². The minimum atomic E-state index is -0.675. The number of rotatable bonds is 7. The second kappa shape index (κ2) is 13.4. The summed E-state index contributed by atoms with van der Waals surface area (Å²) in [6.07, 6.45) is 4.55. The highest BCUT2D eigenvalue weighted by atomic mass is 16.4. The summed E-state index contributed by atoms with van der Waals surface area (Å²) >= 11 is 0. The van der Waals surface area contributed by atoms with E-state index in [4.69, 9.17) is 5.11 Å². The van der Waals surface area contributed by atoms with Crippen molar-refractivity contribution in [1.29, 1.82) is 0 Å². The summed E-state index contributed by atoms with van der Waals surface area (Å²) in [5.74, 6) is -0.675. The highest BCUT2D eigenvalue weighted by Gasteiger charge is 1.93. The summed E-state index contributed by atoms with van der Waals surface area (Å²) in [6.45, 7) is 8.75. The van der Waals surface area contributed by atoms with Gasteiger partial charge in [0.1, 0.15) is 0 Å². The fourth-order valence-corrected chi connectivity index (χ4v) is 0.927. The van der Waals surface area contributed by atoms with Crippen LogP contribution in [0, 0.1) is 0 Å². The number of nitrogens with zero attached hydrogens (tertiary/aromatic N) is 1. The van der Waals surface area contributed by atoms with Crippen molar-refractivity contribution in [1.82, 2.24) is 4.90 Å². The van der Waals surface area contributed by atoms with Gasteiger partial charge in [0.05, 0.1) is 0 Å². The third-order valence-corrected chi connectivity index (χ3v) is 2.32. The standard InChI is InChI=1S/C7H14O2.C5H13N/c1-2-3-4-5-6-7(8)9;1-4-6(3)5-2/h2-6H2,1H3,(H,8,9);4-5H2,1-3H3. The summed E-state index contributed by atoms with van der Waals surface area (Å²) in [6, 6.07) is 0. The lowest BCUT2D eigenvalue weighted by atomic mass is 10.2. The Morgan fingerprint density at radius 3 is 1.87 bits per heavy atom. The first kappa shape index (κ1) is 16.8. The Labute approximate surface area is 94.5 Å². The van der Waals surface area contributed by atoms with Gasteiger partial charge in [0.15, 0.2) is 0 Å². The van der Waals surface area contributed by atoms with Crippen molar-refractivity contribution in [3.05, 3.63) is 0 Å². The number of unbranched alkanes of at least 4 members (excludes halogenated alkanes) is 3. The molecular weight excluding hydrogens is 190 g/mol. The molecule has 15 heavy (non-hydrogen) atoms. The molecule has 0 bridgehead atoms. The number of carbonyl (C=O) groups is 1. The Hall–Kier alpha value is -0.570. The lowest BCUT2D eigenvalue weighted by Crippen LogP contribution is -2.15. The molecule has 0 saturated heterocycles. The Kier molecular flexibility index (Phi) is 15.1. The van der Waals surface area contributed by atoms with E-state index in [1.807, 2.05) is 0 Å². The van der Waals surface area contributed by atoms with Gasteiger partial charge in [-0.25, -0.2) is 0 Å². The van der Waals surface area contributed by atoms with Crippen LogP contribution in [-0.4, -0.2) is 36.1 Å². The Morgan fingerprint density at radius 1 is 1.07 bits per heavy atom. The van der Waals surface area contributed by atoms with E-state index in [9.17, 15) is 4.79 Å². The zero-order valence-electron chi connectivity index (χ0n) is 10.8. The first-order valence-corrected chi connectivity index (χ1v) is 5.98. The van der Waals surface area contributed by atoms with Crippen LogP contribution < -0.4 is 0 Å². The molecule has 0 aliphatic rings. The van der Waals surface area contributed by atoms with Crippen LogP contribution in [0.25, 0.3) is 0 Å². The molecule has 1 N–H and O–H groups in total. The molecule has 3 nitrogen and oxygen atoms in total. The summed E-state index contributed by atoms with van der Waals surface area (Å²) in [5.41, 5.74) is 0. The zero-order chi connectivity index (χ0) is 12.1. The van der Waals surface area contributed by atoms with Gasteiger partial charge in [0, 0.05) is 6.42 Å². The van der Waals surface area contributed by atoms with Crippen molar-refractivity contribution in [2.75, 3.05) is 20.1 Å². The number of hydrogen-bond acceptors (Lipinski definition) is 2. The van der Waals surface area contributed by atoms with Gasteiger partial charge in [-0.05, 0) is 26.6 Å². The van der Waals surface area contributed by atoms with Gasteiger partial charge in [-0.2, -0.15) is 0 Å². The predicted molar refractivity (Wildman–Crippen MR) is 65.2 cm³/mol. The molecule has 0 amide bonds. The summed E-state index contributed by atoms with van der Waals surface area (Å²) in [5, 5.41) is 8.21. The van der Waals surface area contributed by atoms with Gasteiger partial charge < -0.3 is 10.0 Å². The van der Waals surface area contributed by atoms with E-state index >= 15 is 0 Å². The number of hydrogen-bond donors (Lipinski definition) is 1. The van der Waals surface area contributed by atoms with Crippen LogP contribution in [0.2, 0.25) is 0 Å². The molecule has 0 atom stereocenters. The predicted octanol–water partition coefficient (Wildman–Crippen LogP) is 3.00. The second-order valence-electron chi connectivity index (χ2n) is 3.69. The molecule has 0 spiro atoms. The quantitative estimate of drug-likeness (QED) is 0.666. The average molecular weight is 217 g/mol. The number of carboxylic acids is 1. The SMILES string of the molecule is CCCCCCC(=O)O.CCN(C)CC. The molecule has 0 aromatic rings. The van der Waals surface area contributed by atoms with Crippen LogP contribution in [0.5, 0.6) is 0 Å². The third kappa shape index (κ3) is 19.7. The fraction of sp³-hybridized carbons (Fsp3) is 0.917. The maximum Gasteiger partial charge on any atom is 0.303 e.